The van der Waals surface area contributed by atoms with Crippen LogP contribution in [0.1, 0.15) is 19.8 Å². The molecule has 0 saturated carbocycles. The Morgan fingerprint density at radius 3 is 2.67 bits per heavy atom. The lowest BCUT2D eigenvalue weighted by molar-refractivity contribution is -0.0584. The third-order valence-corrected chi connectivity index (χ3v) is 3.34. The van der Waals surface area contributed by atoms with Crippen molar-refractivity contribution in [1.29, 1.82) is 0 Å². The average Bonchev–Trinajstić information content (AvgIpc) is 2.29. The molecule has 2 unspecified atom stereocenters. The van der Waals surface area contributed by atoms with Crippen LogP contribution < -0.4 is 0 Å². The number of aliphatic hydroxyl groups is 2. The molecule has 0 aromatic heterocycles. The number of hydrogen-bond acceptors (Lipinski definition) is 4. The van der Waals surface area contributed by atoms with Gasteiger partial charge in [0, 0.05) is 24.6 Å². The van der Waals surface area contributed by atoms with E-state index in [-0.39, 0.29) is 24.7 Å². The van der Waals surface area contributed by atoms with Gasteiger partial charge in [-0.15, -0.1) is 0 Å². The van der Waals surface area contributed by atoms with Crippen LogP contribution >= 0.6 is 0 Å². The molecule has 1 aliphatic rings. The van der Waals surface area contributed by atoms with Crippen LogP contribution in [-0.2, 0) is 4.74 Å². The molecule has 1 aliphatic heterocycles. The molecule has 0 aliphatic carbocycles. The van der Waals surface area contributed by atoms with Crippen LogP contribution in [0.2, 0.25) is 0 Å². The molecule has 0 radical (unpaired) electrons. The first kappa shape index (κ1) is 12.9. The van der Waals surface area contributed by atoms with E-state index in [1.807, 2.05) is 14.0 Å². The summed E-state index contributed by atoms with van der Waals surface area (Å²) in [4.78, 5) is 2.09. The van der Waals surface area contributed by atoms with Crippen LogP contribution in [0.25, 0.3) is 0 Å². The zero-order valence-corrected chi connectivity index (χ0v) is 9.78. The number of aliphatic hydroxyl groups excluding tert-OH is 2. The van der Waals surface area contributed by atoms with Crippen molar-refractivity contribution in [3.8, 4) is 0 Å². The maximum atomic E-state index is 9.48. The summed E-state index contributed by atoms with van der Waals surface area (Å²) in [5.74, 6) is 0. The highest BCUT2D eigenvalue weighted by Gasteiger charge is 2.34. The van der Waals surface area contributed by atoms with Gasteiger partial charge in [0.15, 0.2) is 0 Å². The standard InChI is InChI=1S/C11H23NO3/c1-10(6-13)12(2)7-11(8-14)4-3-5-15-9-11/h10,13-14H,3-9H2,1-2H3. The van der Waals surface area contributed by atoms with Crippen molar-refractivity contribution in [2.45, 2.75) is 25.8 Å². The van der Waals surface area contributed by atoms with Gasteiger partial charge >= 0.3 is 0 Å². The second-order valence-electron chi connectivity index (χ2n) is 4.76. The number of hydrogen-bond donors (Lipinski definition) is 2. The van der Waals surface area contributed by atoms with Gasteiger partial charge in [-0.3, -0.25) is 0 Å². The number of rotatable bonds is 5. The molecule has 90 valence electrons. The van der Waals surface area contributed by atoms with Crippen molar-refractivity contribution in [2.24, 2.45) is 5.41 Å². The zero-order valence-electron chi connectivity index (χ0n) is 9.78. The highest BCUT2D eigenvalue weighted by atomic mass is 16.5. The molecule has 1 saturated heterocycles. The molecule has 0 bridgehead atoms. The predicted octanol–water partition coefficient (Wildman–Crippen LogP) is 0.0881. The number of ether oxygens (including phenoxy) is 1. The van der Waals surface area contributed by atoms with E-state index >= 15 is 0 Å². The van der Waals surface area contributed by atoms with Gasteiger partial charge < -0.3 is 19.8 Å². The first-order valence-electron chi connectivity index (χ1n) is 5.63. The normalized spacial score (nSPS) is 29.4. The minimum atomic E-state index is -0.129. The van der Waals surface area contributed by atoms with Crippen molar-refractivity contribution < 1.29 is 14.9 Å². The Morgan fingerprint density at radius 2 is 2.20 bits per heavy atom. The fourth-order valence-electron chi connectivity index (χ4n) is 2.03. The van der Waals surface area contributed by atoms with E-state index in [2.05, 4.69) is 4.90 Å². The second kappa shape index (κ2) is 5.80. The molecular formula is C11H23NO3. The second-order valence-corrected chi connectivity index (χ2v) is 4.76. The Kier molecular flexibility index (Phi) is 4.99. The minimum absolute atomic E-state index is 0.129. The Hall–Kier alpha value is -0.160. The topological polar surface area (TPSA) is 52.9 Å². The van der Waals surface area contributed by atoms with E-state index in [0.29, 0.717) is 6.61 Å². The van der Waals surface area contributed by atoms with Crippen LogP contribution in [0.15, 0.2) is 0 Å². The van der Waals surface area contributed by atoms with Gasteiger partial charge in [-0.1, -0.05) is 0 Å². The summed E-state index contributed by atoms with van der Waals surface area (Å²) < 4.78 is 5.44. The highest BCUT2D eigenvalue weighted by Crippen LogP contribution is 2.29. The smallest absolute Gasteiger partial charge is 0.0584 e. The van der Waals surface area contributed by atoms with Gasteiger partial charge in [0.1, 0.15) is 0 Å². The maximum Gasteiger partial charge on any atom is 0.0584 e. The lowest BCUT2D eigenvalue weighted by Crippen LogP contribution is -2.47. The maximum absolute atomic E-state index is 9.48. The molecule has 0 spiro atoms. The molecule has 0 aromatic carbocycles. The highest BCUT2D eigenvalue weighted by molar-refractivity contribution is 4.85. The van der Waals surface area contributed by atoms with E-state index in [9.17, 15) is 5.11 Å². The van der Waals surface area contributed by atoms with Crippen molar-refractivity contribution in [1.82, 2.24) is 4.90 Å². The zero-order chi connectivity index (χ0) is 11.3. The van der Waals surface area contributed by atoms with Crippen molar-refractivity contribution in [3.05, 3.63) is 0 Å². The third-order valence-electron chi connectivity index (χ3n) is 3.34. The van der Waals surface area contributed by atoms with Crippen LogP contribution in [0.4, 0.5) is 0 Å². The molecule has 0 amide bonds. The fraction of sp³-hybridized carbons (Fsp3) is 1.00. The SMILES string of the molecule is CC(CO)N(C)CC1(CO)CCCOC1. The van der Waals surface area contributed by atoms with E-state index in [0.717, 1.165) is 26.0 Å². The molecule has 1 heterocycles. The summed E-state index contributed by atoms with van der Waals surface area (Å²) in [7, 11) is 1.98. The summed E-state index contributed by atoms with van der Waals surface area (Å²) in [5, 5.41) is 18.5. The lowest BCUT2D eigenvalue weighted by atomic mass is 9.82. The summed E-state index contributed by atoms with van der Waals surface area (Å²) in [5.41, 5.74) is -0.129. The van der Waals surface area contributed by atoms with Gasteiger partial charge in [-0.05, 0) is 26.8 Å². The van der Waals surface area contributed by atoms with Crippen LogP contribution in [0.3, 0.4) is 0 Å². The Balaban J connectivity index is 2.51. The quantitative estimate of drug-likeness (QED) is 0.685. The summed E-state index contributed by atoms with van der Waals surface area (Å²) in [6.07, 6.45) is 2.02. The molecule has 2 atom stereocenters. The molecular weight excluding hydrogens is 194 g/mol. The molecule has 1 rings (SSSR count). The molecule has 4 nitrogen and oxygen atoms in total. The van der Waals surface area contributed by atoms with Gasteiger partial charge in [0.25, 0.3) is 0 Å². The predicted molar refractivity (Wildman–Crippen MR) is 58.7 cm³/mol. The van der Waals surface area contributed by atoms with Gasteiger partial charge in [-0.2, -0.15) is 0 Å². The molecule has 2 N–H and O–H groups in total. The monoisotopic (exact) mass is 217 g/mol. The van der Waals surface area contributed by atoms with Gasteiger partial charge in [0.05, 0.1) is 19.8 Å². The number of likely N-dealkylation sites (N-methyl/N-ethyl adjacent to an activating group) is 1. The van der Waals surface area contributed by atoms with E-state index in [4.69, 9.17) is 9.84 Å². The third kappa shape index (κ3) is 3.41. The van der Waals surface area contributed by atoms with Crippen molar-refractivity contribution in [3.63, 3.8) is 0 Å². The minimum Gasteiger partial charge on any atom is -0.396 e. The fourth-order valence-corrected chi connectivity index (χ4v) is 2.03. The first-order chi connectivity index (χ1) is 7.13. The summed E-state index contributed by atoms with van der Waals surface area (Å²) >= 11 is 0. The molecule has 0 aromatic rings. The van der Waals surface area contributed by atoms with E-state index < -0.39 is 0 Å². The number of nitrogens with zero attached hydrogens (tertiary/aromatic N) is 1. The lowest BCUT2D eigenvalue weighted by Gasteiger charge is -2.39. The summed E-state index contributed by atoms with van der Waals surface area (Å²) in [6.45, 7) is 4.52. The average molecular weight is 217 g/mol. The van der Waals surface area contributed by atoms with Crippen molar-refractivity contribution in [2.75, 3.05) is 40.0 Å². The molecule has 15 heavy (non-hydrogen) atoms. The Bertz CT molecular complexity index is 181. The van der Waals surface area contributed by atoms with Crippen LogP contribution in [0.5, 0.6) is 0 Å². The molecule has 4 heteroatoms. The van der Waals surface area contributed by atoms with E-state index in [1.54, 1.807) is 0 Å². The van der Waals surface area contributed by atoms with Crippen molar-refractivity contribution >= 4 is 0 Å². The van der Waals surface area contributed by atoms with Crippen LogP contribution in [-0.4, -0.2) is 61.2 Å². The Morgan fingerprint density at radius 1 is 1.47 bits per heavy atom. The van der Waals surface area contributed by atoms with E-state index in [1.165, 1.54) is 0 Å². The van der Waals surface area contributed by atoms with Gasteiger partial charge in [-0.25, -0.2) is 0 Å². The van der Waals surface area contributed by atoms with Crippen LogP contribution in [0, 0.1) is 5.41 Å². The first-order valence-corrected chi connectivity index (χ1v) is 5.63. The summed E-state index contributed by atoms with van der Waals surface area (Å²) in [6, 6.07) is 0.135. The van der Waals surface area contributed by atoms with Gasteiger partial charge in [0.2, 0.25) is 0 Å². The Labute approximate surface area is 91.8 Å². The molecule has 1 fully saturated rings. The largest absolute Gasteiger partial charge is 0.396 e.